The summed E-state index contributed by atoms with van der Waals surface area (Å²) in [6.07, 6.45) is 0.445. The topological polar surface area (TPSA) is 62.1 Å². The lowest BCUT2D eigenvalue weighted by Gasteiger charge is -2.08. The molecule has 0 aliphatic carbocycles. The van der Waals surface area contributed by atoms with Crippen molar-refractivity contribution in [3.8, 4) is 11.8 Å². The van der Waals surface area contributed by atoms with E-state index in [0.717, 1.165) is 0 Å². The standard InChI is InChI=1S/C10H9FN2O2/c1-15-9-3-2-7(4-12)8(10(9)11)5-13-6-14/h2-3,6H,5H2,1H3,(H,13,14). The van der Waals surface area contributed by atoms with E-state index in [2.05, 4.69) is 5.32 Å². The number of carbonyl (C=O) groups is 1. The van der Waals surface area contributed by atoms with Gasteiger partial charge in [0, 0.05) is 12.1 Å². The molecule has 1 aromatic carbocycles. The van der Waals surface area contributed by atoms with Crippen molar-refractivity contribution in [3.05, 3.63) is 29.1 Å². The molecule has 0 aromatic heterocycles. The van der Waals surface area contributed by atoms with Gasteiger partial charge in [0.2, 0.25) is 6.41 Å². The molecule has 0 spiro atoms. The van der Waals surface area contributed by atoms with Crippen molar-refractivity contribution >= 4 is 6.41 Å². The fourth-order valence-corrected chi connectivity index (χ4v) is 1.18. The van der Waals surface area contributed by atoms with Gasteiger partial charge in [-0.15, -0.1) is 0 Å². The van der Waals surface area contributed by atoms with Crippen LogP contribution in [0.15, 0.2) is 12.1 Å². The van der Waals surface area contributed by atoms with Crippen molar-refractivity contribution < 1.29 is 13.9 Å². The first kappa shape index (κ1) is 11.0. The third-order valence-corrected chi connectivity index (χ3v) is 1.91. The fourth-order valence-electron chi connectivity index (χ4n) is 1.18. The summed E-state index contributed by atoms with van der Waals surface area (Å²) >= 11 is 0. The summed E-state index contributed by atoms with van der Waals surface area (Å²) in [6, 6.07) is 4.67. The van der Waals surface area contributed by atoms with Gasteiger partial charge in [-0.1, -0.05) is 0 Å². The first-order valence-electron chi connectivity index (χ1n) is 4.17. The summed E-state index contributed by atoms with van der Waals surface area (Å²) in [5.41, 5.74) is 0.312. The molecule has 0 fully saturated rings. The normalized spacial score (nSPS) is 9.13. The van der Waals surface area contributed by atoms with E-state index in [-0.39, 0.29) is 23.4 Å². The molecule has 4 nitrogen and oxygen atoms in total. The number of benzene rings is 1. The van der Waals surface area contributed by atoms with Crippen LogP contribution in [0, 0.1) is 17.1 Å². The average molecular weight is 208 g/mol. The predicted molar refractivity (Wildman–Crippen MR) is 50.6 cm³/mol. The summed E-state index contributed by atoms with van der Waals surface area (Å²) in [5.74, 6) is -0.567. The van der Waals surface area contributed by atoms with Crippen LogP contribution < -0.4 is 10.1 Å². The number of nitrogens with zero attached hydrogens (tertiary/aromatic N) is 1. The summed E-state index contributed by atoms with van der Waals surface area (Å²) < 4.78 is 18.4. The van der Waals surface area contributed by atoms with Crippen LogP contribution in [-0.2, 0) is 11.3 Å². The molecule has 0 unspecified atom stereocenters. The third-order valence-electron chi connectivity index (χ3n) is 1.91. The van der Waals surface area contributed by atoms with Crippen LogP contribution >= 0.6 is 0 Å². The zero-order valence-corrected chi connectivity index (χ0v) is 8.08. The Bertz CT molecular complexity index is 413. The maximum atomic E-state index is 13.6. The van der Waals surface area contributed by atoms with E-state index in [0.29, 0.717) is 6.41 Å². The summed E-state index contributed by atoms with van der Waals surface area (Å²) in [7, 11) is 1.33. The molecule has 0 aliphatic heterocycles. The number of hydrogen-bond acceptors (Lipinski definition) is 3. The monoisotopic (exact) mass is 208 g/mol. The fraction of sp³-hybridized carbons (Fsp3) is 0.200. The van der Waals surface area contributed by atoms with Crippen molar-refractivity contribution in [1.29, 1.82) is 5.26 Å². The highest BCUT2D eigenvalue weighted by Gasteiger charge is 2.13. The highest BCUT2D eigenvalue weighted by molar-refractivity contribution is 5.49. The molecule has 0 aliphatic rings. The molecular weight excluding hydrogens is 199 g/mol. The Morgan fingerprint density at radius 1 is 1.67 bits per heavy atom. The van der Waals surface area contributed by atoms with Gasteiger partial charge in [0.05, 0.1) is 18.7 Å². The summed E-state index contributed by atoms with van der Waals surface area (Å²) in [4.78, 5) is 10.1. The summed E-state index contributed by atoms with van der Waals surface area (Å²) in [6.45, 7) is -0.0323. The van der Waals surface area contributed by atoms with E-state index in [1.165, 1.54) is 19.2 Å². The highest BCUT2D eigenvalue weighted by atomic mass is 19.1. The van der Waals surface area contributed by atoms with Crippen molar-refractivity contribution in [2.75, 3.05) is 7.11 Å². The van der Waals surface area contributed by atoms with Crippen molar-refractivity contribution in [1.82, 2.24) is 5.32 Å². The first-order chi connectivity index (χ1) is 7.24. The molecule has 0 saturated heterocycles. The van der Waals surface area contributed by atoms with E-state index < -0.39 is 5.82 Å². The summed E-state index contributed by atoms with van der Waals surface area (Å²) in [5, 5.41) is 11.0. The molecule has 1 rings (SSSR count). The van der Waals surface area contributed by atoms with Gasteiger partial charge in [-0.05, 0) is 12.1 Å². The van der Waals surface area contributed by atoms with Crippen LogP contribution in [0.3, 0.4) is 0 Å². The highest BCUT2D eigenvalue weighted by Crippen LogP contribution is 2.23. The lowest BCUT2D eigenvalue weighted by atomic mass is 10.1. The molecular formula is C10H9FN2O2. The maximum Gasteiger partial charge on any atom is 0.207 e. The van der Waals surface area contributed by atoms with Gasteiger partial charge in [0.15, 0.2) is 11.6 Å². The zero-order valence-electron chi connectivity index (χ0n) is 8.08. The van der Waals surface area contributed by atoms with Crippen LogP contribution in [0.1, 0.15) is 11.1 Å². The third kappa shape index (κ3) is 2.23. The Balaban J connectivity index is 3.18. The molecule has 78 valence electrons. The van der Waals surface area contributed by atoms with E-state index >= 15 is 0 Å². The number of methoxy groups -OCH3 is 1. The first-order valence-corrected chi connectivity index (χ1v) is 4.17. The lowest BCUT2D eigenvalue weighted by molar-refractivity contribution is -0.109. The Hall–Kier alpha value is -2.09. The Morgan fingerprint density at radius 3 is 2.93 bits per heavy atom. The second kappa shape index (κ2) is 4.96. The molecule has 0 bridgehead atoms. The molecule has 1 N–H and O–H groups in total. The Kier molecular flexibility index (Phi) is 3.63. The number of hydrogen-bond donors (Lipinski definition) is 1. The van der Waals surface area contributed by atoms with Gasteiger partial charge in [0.25, 0.3) is 0 Å². The van der Waals surface area contributed by atoms with Gasteiger partial charge in [-0.3, -0.25) is 4.79 Å². The predicted octanol–water partition coefficient (Wildman–Crippen LogP) is 0.952. The molecule has 0 radical (unpaired) electrons. The largest absolute Gasteiger partial charge is 0.494 e. The molecule has 0 atom stereocenters. The van der Waals surface area contributed by atoms with Crippen molar-refractivity contribution in [2.24, 2.45) is 0 Å². The Labute approximate surface area is 86.3 Å². The number of nitriles is 1. The SMILES string of the molecule is COc1ccc(C#N)c(CNC=O)c1F. The second-order valence-electron chi connectivity index (χ2n) is 2.72. The van der Waals surface area contributed by atoms with Crippen molar-refractivity contribution in [2.45, 2.75) is 6.54 Å². The van der Waals surface area contributed by atoms with Crippen LogP contribution in [-0.4, -0.2) is 13.5 Å². The van der Waals surface area contributed by atoms with E-state index in [4.69, 9.17) is 10.00 Å². The van der Waals surface area contributed by atoms with Gasteiger partial charge >= 0.3 is 0 Å². The number of ether oxygens (including phenoxy) is 1. The zero-order chi connectivity index (χ0) is 11.3. The quantitative estimate of drug-likeness (QED) is 0.749. The molecule has 1 aromatic rings. The molecule has 0 heterocycles. The smallest absolute Gasteiger partial charge is 0.207 e. The minimum absolute atomic E-state index is 0.0323. The second-order valence-corrected chi connectivity index (χ2v) is 2.72. The number of nitrogens with one attached hydrogen (secondary N) is 1. The van der Waals surface area contributed by atoms with Gasteiger partial charge < -0.3 is 10.1 Å². The number of halogens is 1. The van der Waals surface area contributed by atoms with E-state index in [1.54, 1.807) is 0 Å². The van der Waals surface area contributed by atoms with Crippen LogP contribution in [0.4, 0.5) is 4.39 Å². The minimum atomic E-state index is -0.620. The van der Waals surface area contributed by atoms with Crippen LogP contribution in [0.5, 0.6) is 5.75 Å². The number of carbonyl (C=O) groups excluding carboxylic acids is 1. The van der Waals surface area contributed by atoms with E-state index in [1.807, 2.05) is 6.07 Å². The molecule has 0 saturated carbocycles. The molecule has 15 heavy (non-hydrogen) atoms. The Morgan fingerprint density at radius 2 is 2.40 bits per heavy atom. The van der Waals surface area contributed by atoms with Crippen LogP contribution in [0.2, 0.25) is 0 Å². The number of amides is 1. The average Bonchev–Trinajstić information content (AvgIpc) is 2.27. The minimum Gasteiger partial charge on any atom is -0.494 e. The molecule has 1 amide bonds. The van der Waals surface area contributed by atoms with Crippen LogP contribution in [0.25, 0.3) is 0 Å². The maximum absolute atomic E-state index is 13.6. The van der Waals surface area contributed by atoms with Gasteiger partial charge in [-0.2, -0.15) is 5.26 Å². The molecule has 5 heteroatoms. The van der Waals surface area contributed by atoms with Crippen molar-refractivity contribution in [3.63, 3.8) is 0 Å². The van der Waals surface area contributed by atoms with Gasteiger partial charge in [-0.25, -0.2) is 4.39 Å². The number of rotatable bonds is 4. The van der Waals surface area contributed by atoms with Gasteiger partial charge in [0.1, 0.15) is 0 Å². The van der Waals surface area contributed by atoms with E-state index in [9.17, 15) is 9.18 Å². The lowest BCUT2D eigenvalue weighted by Crippen LogP contribution is -2.13.